The van der Waals surface area contributed by atoms with Crippen LogP contribution in [0.5, 0.6) is 5.75 Å². The van der Waals surface area contributed by atoms with Crippen LogP contribution in [0.4, 0.5) is 10.5 Å². The van der Waals surface area contributed by atoms with Crippen LogP contribution in [0.2, 0.25) is 0 Å². The van der Waals surface area contributed by atoms with Gasteiger partial charge in [-0.15, -0.1) is 0 Å². The van der Waals surface area contributed by atoms with Crippen LogP contribution in [0.3, 0.4) is 0 Å². The minimum absolute atomic E-state index is 0.249. The molecule has 0 fully saturated rings. The molecule has 26 heavy (non-hydrogen) atoms. The number of benzene rings is 1. The van der Waals surface area contributed by atoms with Gasteiger partial charge in [0.2, 0.25) is 0 Å². The van der Waals surface area contributed by atoms with Crippen LogP contribution in [0, 0.1) is 0 Å². The summed E-state index contributed by atoms with van der Waals surface area (Å²) in [5, 5.41) is 6.92. The standard InChI is InChI=1S/C18H26N4O3S/c1-18(2,3)25-17(23)21-15(11-26)10-24-16-6-12(5-14(19)7-16)13-8-20-22(4)9-13/h5-9,15,26H,10-11,19H2,1-4H3,(H,21,23)/t15-/m1/s1. The molecule has 1 aromatic carbocycles. The summed E-state index contributed by atoms with van der Waals surface area (Å²) in [5.41, 5.74) is 7.87. The molecule has 0 bridgehead atoms. The van der Waals surface area contributed by atoms with Crippen molar-refractivity contribution >= 4 is 24.4 Å². The van der Waals surface area contributed by atoms with Gasteiger partial charge in [0, 0.05) is 36.3 Å². The summed E-state index contributed by atoms with van der Waals surface area (Å²) in [4.78, 5) is 11.9. The second-order valence-electron chi connectivity index (χ2n) is 7.03. The van der Waals surface area contributed by atoms with Crippen LogP contribution < -0.4 is 15.8 Å². The number of hydrogen-bond donors (Lipinski definition) is 3. The number of aromatic nitrogens is 2. The number of alkyl carbamates (subject to hydrolysis) is 1. The van der Waals surface area contributed by atoms with Crippen molar-refractivity contribution < 1.29 is 14.3 Å². The molecule has 0 saturated heterocycles. The summed E-state index contributed by atoms with van der Waals surface area (Å²) in [6.07, 6.45) is 3.17. The van der Waals surface area contributed by atoms with E-state index < -0.39 is 11.7 Å². The first-order chi connectivity index (χ1) is 12.2. The van der Waals surface area contributed by atoms with Crippen molar-refractivity contribution in [3.05, 3.63) is 30.6 Å². The third kappa shape index (κ3) is 6.18. The number of thiol groups is 1. The number of anilines is 1. The van der Waals surface area contributed by atoms with Crippen LogP contribution in [-0.4, -0.2) is 39.9 Å². The Morgan fingerprint density at radius 3 is 2.65 bits per heavy atom. The third-order valence-electron chi connectivity index (χ3n) is 3.36. The maximum Gasteiger partial charge on any atom is 0.408 e. The normalized spacial score (nSPS) is 12.5. The molecule has 7 nitrogen and oxygen atoms in total. The number of nitrogen functional groups attached to an aromatic ring is 1. The zero-order valence-electron chi connectivity index (χ0n) is 15.5. The molecule has 1 aromatic heterocycles. The van der Waals surface area contributed by atoms with Crippen molar-refractivity contribution in [2.75, 3.05) is 18.1 Å². The molecule has 1 heterocycles. The third-order valence-corrected chi connectivity index (χ3v) is 3.80. The summed E-state index contributed by atoms with van der Waals surface area (Å²) >= 11 is 4.26. The SMILES string of the molecule is Cn1cc(-c2cc(N)cc(OC[C@H](CS)NC(=O)OC(C)(C)C)c2)cn1. The lowest BCUT2D eigenvalue weighted by molar-refractivity contribution is 0.0495. The maximum atomic E-state index is 11.9. The van der Waals surface area contributed by atoms with Gasteiger partial charge in [-0.3, -0.25) is 4.68 Å². The topological polar surface area (TPSA) is 91.4 Å². The molecule has 0 aliphatic rings. The number of hydrogen-bond acceptors (Lipinski definition) is 6. The Bertz CT molecular complexity index is 755. The van der Waals surface area contributed by atoms with Crippen LogP contribution in [0.1, 0.15) is 20.8 Å². The highest BCUT2D eigenvalue weighted by Crippen LogP contribution is 2.27. The molecule has 0 aliphatic carbocycles. The van der Waals surface area contributed by atoms with Gasteiger partial charge in [0.05, 0.1) is 12.2 Å². The zero-order chi connectivity index (χ0) is 19.3. The smallest absolute Gasteiger partial charge is 0.408 e. The molecule has 0 saturated carbocycles. The molecule has 0 unspecified atom stereocenters. The number of amides is 1. The van der Waals surface area contributed by atoms with Crippen molar-refractivity contribution in [3.63, 3.8) is 0 Å². The van der Waals surface area contributed by atoms with Crippen molar-refractivity contribution in [2.45, 2.75) is 32.4 Å². The Morgan fingerprint density at radius 2 is 2.08 bits per heavy atom. The number of rotatable bonds is 6. The molecule has 2 rings (SSSR count). The fraction of sp³-hybridized carbons (Fsp3) is 0.444. The van der Waals surface area contributed by atoms with Crippen molar-refractivity contribution in [1.82, 2.24) is 15.1 Å². The van der Waals surface area contributed by atoms with Gasteiger partial charge in [-0.2, -0.15) is 17.7 Å². The minimum atomic E-state index is -0.557. The van der Waals surface area contributed by atoms with Gasteiger partial charge in [0.25, 0.3) is 0 Å². The molecule has 0 spiro atoms. The lowest BCUT2D eigenvalue weighted by atomic mass is 10.1. The fourth-order valence-electron chi connectivity index (χ4n) is 2.25. The van der Waals surface area contributed by atoms with Crippen LogP contribution in [-0.2, 0) is 11.8 Å². The molecule has 142 valence electrons. The lowest BCUT2D eigenvalue weighted by Gasteiger charge is -2.23. The van der Waals surface area contributed by atoms with Gasteiger partial charge in [0.15, 0.2) is 0 Å². The molecule has 0 radical (unpaired) electrons. The molecular weight excluding hydrogens is 352 g/mol. The van der Waals surface area contributed by atoms with Gasteiger partial charge in [-0.25, -0.2) is 4.79 Å². The second-order valence-corrected chi connectivity index (χ2v) is 7.40. The summed E-state index contributed by atoms with van der Waals surface area (Å²) in [6, 6.07) is 5.19. The average molecular weight is 378 g/mol. The highest BCUT2D eigenvalue weighted by atomic mass is 32.1. The minimum Gasteiger partial charge on any atom is -0.491 e. The van der Waals surface area contributed by atoms with E-state index in [1.54, 1.807) is 16.9 Å². The number of ether oxygens (including phenoxy) is 2. The molecule has 0 aliphatic heterocycles. The quantitative estimate of drug-likeness (QED) is 0.531. The van der Waals surface area contributed by atoms with Crippen LogP contribution in [0.15, 0.2) is 30.6 Å². The molecular formula is C18H26N4O3S. The molecule has 1 amide bonds. The molecule has 3 N–H and O–H groups in total. The fourth-order valence-corrected chi connectivity index (χ4v) is 2.45. The molecule has 8 heteroatoms. The molecule has 2 aromatic rings. The number of aryl methyl sites for hydroxylation is 1. The first kappa shape index (κ1) is 20.0. The van der Waals surface area contributed by atoms with Crippen molar-refractivity contribution in [2.24, 2.45) is 7.05 Å². The van der Waals surface area contributed by atoms with Crippen molar-refractivity contribution in [1.29, 1.82) is 0 Å². The van der Waals surface area contributed by atoms with Gasteiger partial charge < -0.3 is 20.5 Å². The number of nitrogens with zero attached hydrogens (tertiary/aromatic N) is 2. The largest absolute Gasteiger partial charge is 0.491 e. The highest BCUT2D eigenvalue weighted by molar-refractivity contribution is 7.80. The lowest BCUT2D eigenvalue weighted by Crippen LogP contribution is -2.43. The molecule has 1 atom stereocenters. The Hall–Kier alpha value is -2.35. The first-order valence-electron chi connectivity index (χ1n) is 8.29. The van der Waals surface area contributed by atoms with E-state index in [0.29, 0.717) is 17.2 Å². The van der Waals surface area contributed by atoms with E-state index in [-0.39, 0.29) is 12.6 Å². The van der Waals surface area contributed by atoms with E-state index in [1.807, 2.05) is 46.1 Å². The van der Waals surface area contributed by atoms with E-state index in [4.69, 9.17) is 15.2 Å². The van der Waals surface area contributed by atoms with Crippen molar-refractivity contribution in [3.8, 4) is 16.9 Å². The summed E-state index contributed by atoms with van der Waals surface area (Å²) < 4.78 is 12.8. The Morgan fingerprint density at radius 1 is 1.35 bits per heavy atom. The zero-order valence-corrected chi connectivity index (χ0v) is 16.4. The van der Waals surface area contributed by atoms with Crippen LogP contribution in [0.25, 0.3) is 11.1 Å². The number of nitrogens with two attached hydrogens (primary N) is 1. The van der Waals surface area contributed by atoms with Gasteiger partial charge in [-0.1, -0.05) is 0 Å². The number of carbonyl (C=O) groups excluding carboxylic acids is 1. The van der Waals surface area contributed by atoms with Gasteiger partial charge in [0.1, 0.15) is 18.0 Å². The van der Waals surface area contributed by atoms with E-state index in [2.05, 4.69) is 23.0 Å². The summed E-state index contributed by atoms with van der Waals surface area (Å²) in [7, 11) is 1.85. The monoisotopic (exact) mass is 378 g/mol. The van der Waals surface area contributed by atoms with Gasteiger partial charge in [-0.05, 0) is 38.5 Å². The highest BCUT2D eigenvalue weighted by Gasteiger charge is 2.19. The predicted molar refractivity (Wildman–Crippen MR) is 106 cm³/mol. The Kier molecular flexibility index (Phi) is 6.42. The maximum absolute atomic E-state index is 11.9. The van der Waals surface area contributed by atoms with E-state index in [1.165, 1.54) is 0 Å². The summed E-state index contributed by atoms with van der Waals surface area (Å²) in [6.45, 7) is 5.68. The Balaban J connectivity index is 2.01. The van der Waals surface area contributed by atoms with Crippen LogP contribution >= 0.6 is 12.6 Å². The van der Waals surface area contributed by atoms with E-state index >= 15 is 0 Å². The van der Waals surface area contributed by atoms with E-state index in [9.17, 15) is 4.79 Å². The Labute approximate surface area is 159 Å². The van der Waals surface area contributed by atoms with Gasteiger partial charge >= 0.3 is 6.09 Å². The number of nitrogens with one attached hydrogen (secondary N) is 1. The first-order valence-corrected chi connectivity index (χ1v) is 8.92. The average Bonchev–Trinajstić information content (AvgIpc) is 2.95. The van der Waals surface area contributed by atoms with E-state index in [0.717, 1.165) is 11.1 Å². The predicted octanol–water partition coefficient (Wildman–Crippen LogP) is 2.87. The number of carbonyl (C=O) groups is 1. The summed E-state index contributed by atoms with van der Waals surface area (Å²) in [5.74, 6) is 1.03. The second kappa shape index (κ2) is 8.35.